The molecule has 1 atom stereocenters. The summed E-state index contributed by atoms with van der Waals surface area (Å²) in [5.74, 6) is 1.06. The summed E-state index contributed by atoms with van der Waals surface area (Å²) >= 11 is 6.05. The molecule has 0 fully saturated rings. The number of hydrazone groups is 1. The average molecular weight is 409 g/mol. The van der Waals surface area contributed by atoms with E-state index in [4.69, 9.17) is 20.8 Å². The Morgan fingerprint density at radius 3 is 2.69 bits per heavy atom. The zero-order chi connectivity index (χ0) is 20.4. The highest BCUT2D eigenvalue weighted by Crippen LogP contribution is 2.33. The molecule has 0 unspecified atom stereocenters. The highest BCUT2D eigenvalue weighted by Gasteiger charge is 2.35. The molecule has 1 aliphatic rings. The van der Waals surface area contributed by atoms with Gasteiger partial charge in [0.25, 0.3) is 5.91 Å². The lowest BCUT2D eigenvalue weighted by molar-refractivity contribution is -0.135. The third kappa shape index (κ3) is 4.20. The fourth-order valence-corrected chi connectivity index (χ4v) is 3.40. The minimum absolute atomic E-state index is 0.122. The van der Waals surface area contributed by atoms with E-state index in [1.807, 2.05) is 56.3 Å². The van der Waals surface area contributed by atoms with Crippen LogP contribution in [-0.4, -0.2) is 23.2 Å². The summed E-state index contributed by atoms with van der Waals surface area (Å²) in [4.78, 5) is 12.9. The van der Waals surface area contributed by atoms with E-state index in [1.54, 1.807) is 18.4 Å². The highest BCUT2D eigenvalue weighted by molar-refractivity contribution is 6.31. The second-order valence-electron chi connectivity index (χ2n) is 7.09. The van der Waals surface area contributed by atoms with Crippen LogP contribution in [0.3, 0.4) is 0 Å². The molecule has 0 bridgehead atoms. The number of carbonyl (C=O) groups excluding carboxylic acids is 1. The Labute approximate surface area is 174 Å². The van der Waals surface area contributed by atoms with Crippen LogP contribution in [0.25, 0.3) is 0 Å². The summed E-state index contributed by atoms with van der Waals surface area (Å²) in [6, 6.07) is 16.8. The number of carbonyl (C=O) groups is 1. The SMILES string of the molecule is Cc1ccc(C2=NN(C(=O)COc3ccc(Cl)c(C)c3)[C@@H](c3ccco3)C2)cc1. The van der Waals surface area contributed by atoms with Crippen molar-refractivity contribution in [3.8, 4) is 5.75 Å². The predicted molar refractivity (Wildman–Crippen MR) is 112 cm³/mol. The molecular weight excluding hydrogens is 388 g/mol. The van der Waals surface area contributed by atoms with Gasteiger partial charge >= 0.3 is 0 Å². The molecule has 29 heavy (non-hydrogen) atoms. The Hall–Kier alpha value is -3.05. The predicted octanol–water partition coefficient (Wildman–Crippen LogP) is 5.31. The van der Waals surface area contributed by atoms with Crippen LogP contribution in [0, 0.1) is 13.8 Å². The maximum atomic E-state index is 12.9. The van der Waals surface area contributed by atoms with Crippen molar-refractivity contribution in [2.45, 2.75) is 26.3 Å². The molecule has 2 heterocycles. The first-order valence-corrected chi connectivity index (χ1v) is 9.78. The van der Waals surface area contributed by atoms with E-state index in [9.17, 15) is 4.79 Å². The first-order chi connectivity index (χ1) is 14.0. The van der Waals surface area contributed by atoms with Crippen LogP contribution in [0.4, 0.5) is 0 Å². The van der Waals surface area contributed by atoms with Crippen LogP contribution in [0.2, 0.25) is 5.02 Å². The molecule has 0 saturated carbocycles. The van der Waals surface area contributed by atoms with E-state index in [2.05, 4.69) is 5.10 Å². The molecule has 0 radical (unpaired) electrons. The first kappa shape index (κ1) is 19.3. The molecule has 0 aliphatic carbocycles. The molecule has 3 aromatic rings. The Morgan fingerprint density at radius 1 is 1.21 bits per heavy atom. The molecule has 4 rings (SSSR count). The molecule has 1 amide bonds. The van der Waals surface area contributed by atoms with E-state index >= 15 is 0 Å². The lowest BCUT2D eigenvalue weighted by Crippen LogP contribution is -2.31. The largest absolute Gasteiger partial charge is 0.484 e. The van der Waals surface area contributed by atoms with Crippen molar-refractivity contribution in [3.63, 3.8) is 0 Å². The van der Waals surface area contributed by atoms with E-state index in [0.29, 0.717) is 23.0 Å². The standard InChI is InChI=1S/C23H21ClN2O3/c1-15-5-7-17(8-6-15)20-13-21(22-4-3-11-28-22)26(25-20)23(27)14-29-18-9-10-19(24)16(2)12-18/h3-12,21H,13-14H2,1-2H3/t21-/m1/s1. The fourth-order valence-electron chi connectivity index (χ4n) is 3.28. The van der Waals surface area contributed by atoms with Crippen molar-refractivity contribution < 1.29 is 13.9 Å². The summed E-state index contributed by atoms with van der Waals surface area (Å²) in [5, 5.41) is 6.74. The van der Waals surface area contributed by atoms with Crippen molar-refractivity contribution in [3.05, 3.63) is 88.3 Å². The smallest absolute Gasteiger partial charge is 0.281 e. The van der Waals surface area contributed by atoms with E-state index in [0.717, 1.165) is 16.8 Å². The Balaban J connectivity index is 1.54. The third-order valence-electron chi connectivity index (χ3n) is 4.91. The van der Waals surface area contributed by atoms with Gasteiger partial charge in [-0.2, -0.15) is 5.10 Å². The first-order valence-electron chi connectivity index (χ1n) is 9.40. The van der Waals surface area contributed by atoms with Crippen LogP contribution in [0.15, 0.2) is 70.4 Å². The van der Waals surface area contributed by atoms with Crippen molar-refractivity contribution in [2.75, 3.05) is 6.61 Å². The number of furan rings is 1. The second-order valence-corrected chi connectivity index (χ2v) is 7.49. The highest BCUT2D eigenvalue weighted by atomic mass is 35.5. The summed E-state index contributed by atoms with van der Waals surface area (Å²) in [7, 11) is 0. The molecule has 6 heteroatoms. The van der Waals surface area contributed by atoms with Gasteiger partial charge in [-0.15, -0.1) is 0 Å². The zero-order valence-electron chi connectivity index (χ0n) is 16.3. The Bertz CT molecular complexity index is 1040. The van der Waals surface area contributed by atoms with Gasteiger partial charge in [0.05, 0.1) is 12.0 Å². The van der Waals surface area contributed by atoms with Gasteiger partial charge in [-0.25, -0.2) is 5.01 Å². The monoisotopic (exact) mass is 408 g/mol. The number of benzene rings is 2. The quantitative estimate of drug-likeness (QED) is 0.575. The van der Waals surface area contributed by atoms with Gasteiger partial charge in [0.2, 0.25) is 0 Å². The molecule has 0 N–H and O–H groups in total. The molecule has 5 nitrogen and oxygen atoms in total. The van der Waals surface area contributed by atoms with Gasteiger partial charge in [0, 0.05) is 11.4 Å². The van der Waals surface area contributed by atoms with Crippen molar-refractivity contribution >= 4 is 23.2 Å². The maximum absolute atomic E-state index is 12.9. The van der Waals surface area contributed by atoms with Crippen molar-refractivity contribution in [1.29, 1.82) is 0 Å². The van der Waals surface area contributed by atoms with Crippen LogP contribution in [0.5, 0.6) is 5.75 Å². The average Bonchev–Trinajstić information content (AvgIpc) is 3.39. The minimum Gasteiger partial charge on any atom is -0.484 e. The van der Waals surface area contributed by atoms with Crippen molar-refractivity contribution in [1.82, 2.24) is 5.01 Å². The molecule has 2 aromatic carbocycles. The molecule has 148 valence electrons. The van der Waals surface area contributed by atoms with Gasteiger partial charge in [0.15, 0.2) is 6.61 Å². The van der Waals surface area contributed by atoms with E-state index in [1.165, 1.54) is 10.6 Å². The third-order valence-corrected chi connectivity index (χ3v) is 5.34. The number of ether oxygens (including phenoxy) is 1. The Morgan fingerprint density at radius 2 is 2.00 bits per heavy atom. The van der Waals surface area contributed by atoms with E-state index < -0.39 is 0 Å². The van der Waals surface area contributed by atoms with Gasteiger partial charge < -0.3 is 9.15 Å². The molecule has 1 aromatic heterocycles. The lowest BCUT2D eigenvalue weighted by atomic mass is 10.0. The maximum Gasteiger partial charge on any atom is 0.281 e. The molecular formula is C23H21ClN2O3. The number of aryl methyl sites for hydroxylation is 2. The summed E-state index contributed by atoms with van der Waals surface area (Å²) in [5.41, 5.74) is 3.92. The number of hydrogen-bond donors (Lipinski definition) is 0. The van der Waals surface area contributed by atoms with Crippen molar-refractivity contribution in [2.24, 2.45) is 5.10 Å². The summed E-state index contributed by atoms with van der Waals surface area (Å²) in [6.07, 6.45) is 2.19. The zero-order valence-corrected chi connectivity index (χ0v) is 17.0. The molecule has 0 spiro atoms. The van der Waals surface area contributed by atoms with Gasteiger partial charge in [-0.3, -0.25) is 4.79 Å². The second kappa shape index (κ2) is 8.13. The molecule has 1 aliphatic heterocycles. The fraction of sp³-hybridized carbons (Fsp3) is 0.217. The number of amides is 1. The van der Waals surface area contributed by atoms with Gasteiger partial charge in [-0.1, -0.05) is 41.4 Å². The minimum atomic E-state index is -0.288. The number of hydrogen-bond acceptors (Lipinski definition) is 4. The van der Waals surface area contributed by atoms with Crippen LogP contribution < -0.4 is 4.74 Å². The van der Waals surface area contributed by atoms with E-state index in [-0.39, 0.29) is 18.6 Å². The summed E-state index contributed by atoms with van der Waals surface area (Å²) < 4.78 is 11.3. The number of halogens is 1. The molecule has 0 saturated heterocycles. The van der Waals surface area contributed by atoms with Crippen LogP contribution in [-0.2, 0) is 4.79 Å². The topological polar surface area (TPSA) is 55.0 Å². The lowest BCUT2D eigenvalue weighted by Gasteiger charge is -2.20. The number of nitrogens with zero attached hydrogens (tertiary/aromatic N) is 2. The summed E-state index contributed by atoms with van der Waals surface area (Å²) in [6.45, 7) is 3.81. The van der Waals surface area contributed by atoms with Crippen LogP contribution in [0.1, 0.15) is 34.9 Å². The number of rotatable bonds is 5. The van der Waals surface area contributed by atoms with Gasteiger partial charge in [-0.05, 0) is 55.3 Å². The Kier molecular flexibility index (Phi) is 5.41. The van der Waals surface area contributed by atoms with Gasteiger partial charge in [0.1, 0.15) is 17.6 Å². The van der Waals surface area contributed by atoms with Crippen LogP contribution >= 0.6 is 11.6 Å². The normalized spacial score (nSPS) is 16.0.